The van der Waals surface area contributed by atoms with Gasteiger partial charge in [0.05, 0.1) is 12.0 Å². The molecule has 2 aromatic carbocycles. The van der Waals surface area contributed by atoms with Crippen molar-refractivity contribution in [3.63, 3.8) is 0 Å². The number of carbonyl (C=O) groups is 3. The van der Waals surface area contributed by atoms with Crippen molar-refractivity contribution in [3.05, 3.63) is 64.6 Å². The first kappa shape index (κ1) is 21.4. The number of carboxylic acids is 1. The minimum atomic E-state index is -1.10. The number of carboxylic acid groups (broad SMARTS) is 1. The summed E-state index contributed by atoms with van der Waals surface area (Å²) in [6.45, 7) is -0.125. The third-order valence-corrected chi connectivity index (χ3v) is 5.31. The first-order chi connectivity index (χ1) is 14.5. The summed E-state index contributed by atoms with van der Waals surface area (Å²) in [5.74, 6) is -0.788. The van der Waals surface area contributed by atoms with Gasteiger partial charge in [0.1, 0.15) is 0 Å². The summed E-state index contributed by atoms with van der Waals surface area (Å²) in [6.07, 6.45) is 3.10. The highest BCUT2D eigenvalue weighted by Gasteiger charge is 2.34. The molecule has 0 bridgehead atoms. The van der Waals surface area contributed by atoms with E-state index in [1.54, 1.807) is 24.3 Å². The first-order valence-corrected chi connectivity index (χ1v) is 10.1. The number of benzene rings is 2. The van der Waals surface area contributed by atoms with Gasteiger partial charge in [-0.15, -0.1) is 0 Å². The molecule has 30 heavy (non-hydrogen) atoms. The van der Waals surface area contributed by atoms with Gasteiger partial charge in [-0.2, -0.15) is 0 Å². The minimum Gasteiger partial charge on any atom is -0.493 e. The van der Waals surface area contributed by atoms with E-state index < -0.39 is 12.6 Å². The van der Waals surface area contributed by atoms with E-state index in [0.29, 0.717) is 29.2 Å². The molecule has 2 aromatic rings. The SMILES string of the molecule is COc1cc(C=C2SC(=O)N(CCCc3ccccc3)C2=O)ccc1OCC(=O)O. The Bertz CT molecular complexity index is 973. The lowest BCUT2D eigenvalue weighted by atomic mass is 10.1. The zero-order valence-corrected chi connectivity index (χ0v) is 17.2. The number of hydrogen-bond acceptors (Lipinski definition) is 6. The number of methoxy groups -OCH3 is 1. The lowest BCUT2D eigenvalue weighted by molar-refractivity contribution is -0.139. The maximum atomic E-state index is 12.7. The largest absolute Gasteiger partial charge is 0.493 e. The fourth-order valence-corrected chi connectivity index (χ4v) is 3.83. The van der Waals surface area contributed by atoms with Crippen LogP contribution in [0.25, 0.3) is 6.08 Å². The van der Waals surface area contributed by atoms with Crippen LogP contribution in [-0.4, -0.2) is 47.4 Å². The van der Waals surface area contributed by atoms with Crippen LogP contribution in [0.1, 0.15) is 17.5 Å². The van der Waals surface area contributed by atoms with Gasteiger partial charge in [0.15, 0.2) is 18.1 Å². The Hall–Kier alpha value is -3.26. The lowest BCUT2D eigenvalue weighted by Crippen LogP contribution is -2.29. The Morgan fingerprint density at radius 2 is 1.90 bits per heavy atom. The number of thioether (sulfide) groups is 1. The third-order valence-electron chi connectivity index (χ3n) is 4.40. The number of nitrogens with zero attached hydrogens (tertiary/aromatic N) is 1. The van der Waals surface area contributed by atoms with Crippen LogP contribution in [0.5, 0.6) is 11.5 Å². The molecule has 1 N–H and O–H groups in total. The summed E-state index contributed by atoms with van der Waals surface area (Å²) in [4.78, 5) is 37.2. The van der Waals surface area contributed by atoms with Crippen molar-refractivity contribution in [1.82, 2.24) is 4.90 Å². The number of hydrogen-bond donors (Lipinski definition) is 1. The number of rotatable bonds is 9. The minimum absolute atomic E-state index is 0.283. The zero-order valence-electron chi connectivity index (χ0n) is 16.4. The van der Waals surface area contributed by atoms with Gasteiger partial charge in [-0.1, -0.05) is 36.4 Å². The Balaban J connectivity index is 1.66. The van der Waals surface area contributed by atoms with Crippen LogP contribution < -0.4 is 9.47 Å². The fraction of sp³-hybridized carbons (Fsp3) is 0.227. The van der Waals surface area contributed by atoms with Crippen LogP contribution in [0.3, 0.4) is 0 Å². The van der Waals surface area contributed by atoms with Crippen LogP contribution in [0.15, 0.2) is 53.4 Å². The predicted molar refractivity (Wildman–Crippen MR) is 114 cm³/mol. The van der Waals surface area contributed by atoms with E-state index in [0.717, 1.165) is 23.7 Å². The van der Waals surface area contributed by atoms with E-state index in [4.69, 9.17) is 14.6 Å². The molecular weight excluding hydrogens is 406 g/mol. The molecule has 0 radical (unpaired) electrons. The van der Waals surface area contributed by atoms with Crippen molar-refractivity contribution >= 4 is 35.0 Å². The number of amides is 2. The number of aliphatic carboxylic acids is 1. The van der Waals surface area contributed by atoms with Crippen molar-refractivity contribution in [2.24, 2.45) is 0 Å². The second-order valence-corrected chi connectivity index (χ2v) is 7.51. The number of carbonyl (C=O) groups excluding carboxylic acids is 2. The molecule has 1 heterocycles. The third kappa shape index (κ3) is 5.42. The van der Waals surface area contributed by atoms with E-state index in [1.165, 1.54) is 12.0 Å². The standard InChI is InChI=1S/C22H21NO6S/c1-28-18-12-16(9-10-17(18)29-14-20(24)25)13-19-21(26)23(22(27)30-19)11-5-8-15-6-3-2-4-7-15/h2-4,6-7,9-10,12-13H,5,8,11,14H2,1H3,(H,24,25). The second kappa shape index (κ2) is 9.98. The topological polar surface area (TPSA) is 93.1 Å². The summed E-state index contributed by atoms with van der Waals surface area (Å²) in [5.41, 5.74) is 1.81. The van der Waals surface area contributed by atoms with Crippen LogP contribution in [0, 0.1) is 0 Å². The van der Waals surface area contributed by atoms with Crippen LogP contribution in [0.2, 0.25) is 0 Å². The maximum absolute atomic E-state index is 12.7. The normalized spacial score (nSPS) is 15.0. The van der Waals surface area contributed by atoms with Crippen molar-refractivity contribution < 1.29 is 29.0 Å². The summed E-state index contributed by atoms with van der Waals surface area (Å²) in [7, 11) is 1.44. The van der Waals surface area contributed by atoms with E-state index in [9.17, 15) is 14.4 Å². The highest BCUT2D eigenvalue weighted by molar-refractivity contribution is 8.18. The highest BCUT2D eigenvalue weighted by atomic mass is 32.2. The van der Waals surface area contributed by atoms with Gasteiger partial charge in [0.25, 0.3) is 11.1 Å². The number of ether oxygens (including phenoxy) is 2. The molecule has 0 atom stereocenters. The first-order valence-electron chi connectivity index (χ1n) is 9.30. The van der Waals surface area contributed by atoms with E-state index in [-0.39, 0.29) is 16.9 Å². The molecule has 8 heteroatoms. The van der Waals surface area contributed by atoms with Crippen molar-refractivity contribution in [3.8, 4) is 11.5 Å². The van der Waals surface area contributed by atoms with Gasteiger partial charge in [0.2, 0.25) is 0 Å². The molecular formula is C22H21NO6S. The quantitative estimate of drug-likeness (QED) is 0.608. The van der Waals surface area contributed by atoms with Crippen molar-refractivity contribution in [2.75, 3.05) is 20.3 Å². The average molecular weight is 427 g/mol. The molecule has 1 fully saturated rings. The van der Waals surface area contributed by atoms with Gasteiger partial charge in [-0.25, -0.2) is 4.79 Å². The maximum Gasteiger partial charge on any atom is 0.341 e. The molecule has 0 saturated carbocycles. The average Bonchev–Trinajstić information content (AvgIpc) is 3.00. The Morgan fingerprint density at radius 1 is 1.13 bits per heavy atom. The van der Waals surface area contributed by atoms with E-state index >= 15 is 0 Å². The molecule has 0 aliphatic carbocycles. The fourth-order valence-electron chi connectivity index (χ4n) is 2.96. The number of aryl methyl sites for hydroxylation is 1. The summed E-state index contributed by atoms with van der Waals surface area (Å²) >= 11 is 0.903. The van der Waals surface area contributed by atoms with Crippen molar-refractivity contribution in [1.29, 1.82) is 0 Å². The molecule has 1 saturated heterocycles. The van der Waals surface area contributed by atoms with E-state index in [1.807, 2.05) is 30.3 Å². The van der Waals surface area contributed by atoms with Crippen LogP contribution in [0.4, 0.5) is 4.79 Å². The van der Waals surface area contributed by atoms with Gasteiger partial charge in [-0.3, -0.25) is 14.5 Å². The molecule has 1 aliphatic rings. The highest BCUT2D eigenvalue weighted by Crippen LogP contribution is 2.34. The molecule has 156 valence electrons. The molecule has 0 unspecified atom stereocenters. The Kier molecular flexibility index (Phi) is 7.13. The van der Waals surface area contributed by atoms with Gasteiger partial charge in [-0.05, 0) is 53.9 Å². The summed E-state index contributed by atoms with van der Waals surface area (Å²) in [6, 6.07) is 14.8. The summed E-state index contributed by atoms with van der Waals surface area (Å²) in [5, 5.41) is 8.45. The molecule has 0 aromatic heterocycles. The monoisotopic (exact) mass is 427 g/mol. The molecule has 3 rings (SSSR count). The smallest absolute Gasteiger partial charge is 0.341 e. The van der Waals surface area contributed by atoms with E-state index in [2.05, 4.69) is 0 Å². The predicted octanol–water partition coefficient (Wildman–Crippen LogP) is 3.83. The van der Waals surface area contributed by atoms with Gasteiger partial charge >= 0.3 is 5.97 Å². The molecule has 0 spiro atoms. The van der Waals surface area contributed by atoms with Crippen molar-refractivity contribution in [2.45, 2.75) is 12.8 Å². The zero-order chi connectivity index (χ0) is 21.5. The number of imide groups is 1. The Labute approximate surface area is 178 Å². The van der Waals surface area contributed by atoms with Gasteiger partial charge < -0.3 is 14.6 Å². The molecule has 1 aliphatic heterocycles. The van der Waals surface area contributed by atoms with Crippen LogP contribution in [-0.2, 0) is 16.0 Å². The lowest BCUT2D eigenvalue weighted by Gasteiger charge is -2.12. The second-order valence-electron chi connectivity index (χ2n) is 6.52. The summed E-state index contributed by atoms with van der Waals surface area (Å²) < 4.78 is 10.4. The Morgan fingerprint density at radius 3 is 2.60 bits per heavy atom. The van der Waals surface area contributed by atoms with Crippen LogP contribution >= 0.6 is 11.8 Å². The molecule has 2 amide bonds. The molecule has 7 nitrogen and oxygen atoms in total. The van der Waals surface area contributed by atoms with Gasteiger partial charge in [0, 0.05) is 6.54 Å².